The van der Waals surface area contributed by atoms with Gasteiger partial charge in [0, 0.05) is 46.9 Å². The molecule has 5 nitrogen and oxygen atoms in total. The molecule has 1 aliphatic rings. The number of halogens is 3. The number of aromatic nitrogens is 1. The molecule has 1 fully saturated rings. The summed E-state index contributed by atoms with van der Waals surface area (Å²) < 4.78 is 55.5. The Balaban J connectivity index is 1.63. The minimum Gasteiger partial charge on any atom is -0.381 e. The number of carbonyl (C=O) groups is 1. The number of ether oxygens (including phenoxy) is 1. The van der Waals surface area contributed by atoms with Crippen molar-refractivity contribution < 1.29 is 26.9 Å². The van der Waals surface area contributed by atoms with E-state index in [-0.39, 0.29) is 10.8 Å². The Labute approximate surface area is 162 Å². The lowest BCUT2D eigenvalue weighted by molar-refractivity contribution is -0.141. The van der Waals surface area contributed by atoms with Gasteiger partial charge in [0.25, 0.3) is 5.91 Å². The molecule has 1 amide bonds. The van der Waals surface area contributed by atoms with Gasteiger partial charge >= 0.3 is 6.18 Å². The van der Waals surface area contributed by atoms with E-state index >= 15 is 0 Å². The van der Waals surface area contributed by atoms with Crippen LogP contribution in [-0.4, -0.2) is 33.6 Å². The van der Waals surface area contributed by atoms with Crippen LogP contribution in [0.15, 0.2) is 42.6 Å². The third-order valence-corrected chi connectivity index (χ3v) is 6.18. The highest BCUT2D eigenvalue weighted by Gasteiger charge is 2.32. The molecule has 1 N–H and O–H groups in total. The zero-order valence-corrected chi connectivity index (χ0v) is 15.7. The Hall–Kier alpha value is -2.26. The molecule has 3 rings (SSSR count). The Bertz CT molecular complexity index is 850. The molecule has 1 saturated heterocycles. The van der Waals surface area contributed by atoms with Crippen LogP contribution in [0.4, 0.5) is 18.9 Å². The van der Waals surface area contributed by atoms with E-state index in [1.807, 2.05) is 6.07 Å². The van der Waals surface area contributed by atoms with Crippen molar-refractivity contribution in [1.29, 1.82) is 0 Å². The normalized spacial score (nSPS) is 16.5. The molecule has 0 radical (unpaired) electrons. The lowest BCUT2D eigenvalue weighted by atomic mass is 10.2. The number of pyridine rings is 1. The minimum atomic E-state index is -4.55. The van der Waals surface area contributed by atoms with Gasteiger partial charge in [-0.25, -0.2) is 0 Å². The first kappa shape index (κ1) is 20.5. The lowest BCUT2D eigenvalue weighted by Gasteiger charge is -2.21. The lowest BCUT2D eigenvalue weighted by Crippen LogP contribution is -2.25. The van der Waals surface area contributed by atoms with Gasteiger partial charge in [-0.05, 0) is 42.7 Å². The summed E-state index contributed by atoms with van der Waals surface area (Å²) in [7, 11) is -1.03. The van der Waals surface area contributed by atoms with Crippen LogP contribution in [0.1, 0.15) is 34.5 Å². The Morgan fingerprint density at radius 2 is 1.96 bits per heavy atom. The first-order valence-corrected chi connectivity index (χ1v) is 10.1. The van der Waals surface area contributed by atoms with Gasteiger partial charge in [0.2, 0.25) is 0 Å². The van der Waals surface area contributed by atoms with E-state index in [0.717, 1.165) is 36.7 Å². The number of alkyl halides is 3. The van der Waals surface area contributed by atoms with E-state index < -0.39 is 28.6 Å². The van der Waals surface area contributed by atoms with Crippen LogP contribution >= 0.6 is 0 Å². The SMILES string of the molecule is O=C(Nc1cccc(CS(=O)C2CCOCC2)c1)c1ccc(C(F)(F)F)nc1. The maximum absolute atomic E-state index is 12.6. The molecule has 1 unspecified atom stereocenters. The van der Waals surface area contributed by atoms with E-state index in [4.69, 9.17) is 4.74 Å². The van der Waals surface area contributed by atoms with E-state index in [9.17, 15) is 22.2 Å². The number of carbonyl (C=O) groups excluding carboxylic acids is 1. The van der Waals surface area contributed by atoms with Gasteiger partial charge in [-0.2, -0.15) is 13.2 Å². The van der Waals surface area contributed by atoms with Gasteiger partial charge in [-0.15, -0.1) is 0 Å². The van der Waals surface area contributed by atoms with E-state index in [1.165, 1.54) is 0 Å². The number of rotatable bonds is 5. The van der Waals surface area contributed by atoms with Gasteiger partial charge in [0.1, 0.15) is 5.69 Å². The monoisotopic (exact) mass is 412 g/mol. The smallest absolute Gasteiger partial charge is 0.381 e. The fraction of sp³-hybridized carbons (Fsp3) is 0.368. The fourth-order valence-electron chi connectivity index (χ4n) is 2.86. The first-order chi connectivity index (χ1) is 13.3. The molecule has 0 bridgehead atoms. The van der Waals surface area contributed by atoms with Gasteiger partial charge < -0.3 is 10.1 Å². The van der Waals surface area contributed by atoms with Gasteiger partial charge in [0.05, 0.1) is 5.56 Å². The highest BCUT2D eigenvalue weighted by Crippen LogP contribution is 2.27. The predicted molar refractivity (Wildman–Crippen MR) is 99.3 cm³/mol. The quantitative estimate of drug-likeness (QED) is 0.812. The molecule has 1 aromatic heterocycles. The number of hydrogen-bond donors (Lipinski definition) is 1. The highest BCUT2D eigenvalue weighted by molar-refractivity contribution is 7.84. The van der Waals surface area contributed by atoms with Gasteiger partial charge in [-0.1, -0.05) is 12.1 Å². The van der Waals surface area contributed by atoms with E-state index in [0.29, 0.717) is 24.7 Å². The van der Waals surface area contributed by atoms with Crippen LogP contribution in [0.25, 0.3) is 0 Å². The Kier molecular flexibility index (Phi) is 6.46. The third kappa shape index (κ3) is 5.39. The maximum atomic E-state index is 12.6. The molecule has 1 aliphatic heterocycles. The number of nitrogens with zero attached hydrogens (tertiary/aromatic N) is 1. The van der Waals surface area contributed by atoms with Crippen molar-refractivity contribution >= 4 is 22.4 Å². The summed E-state index contributed by atoms with van der Waals surface area (Å²) >= 11 is 0. The van der Waals surface area contributed by atoms with Crippen molar-refractivity contribution in [3.05, 3.63) is 59.4 Å². The molecular weight excluding hydrogens is 393 g/mol. The minimum absolute atomic E-state index is 0.0178. The predicted octanol–water partition coefficient (Wildman–Crippen LogP) is 3.78. The molecule has 9 heteroatoms. The van der Waals surface area contributed by atoms with Crippen LogP contribution in [0, 0.1) is 0 Å². The largest absolute Gasteiger partial charge is 0.433 e. The second-order valence-corrected chi connectivity index (χ2v) is 8.14. The van der Waals surface area contributed by atoms with Crippen molar-refractivity contribution in [2.75, 3.05) is 18.5 Å². The van der Waals surface area contributed by atoms with Crippen LogP contribution < -0.4 is 5.32 Å². The molecule has 0 saturated carbocycles. The second-order valence-electron chi connectivity index (χ2n) is 6.42. The second kappa shape index (κ2) is 8.83. The fourth-order valence-corrected chi connectivity index (χ4v) is 4.32. The summed E-state index contributed by atoms with van der Waals surface area (Å²) in [4.78, 5) is 15.5. The average Bonchev–Trinajstić information content (AvgIpc) is 2.68. The first-order valence-electron chi connectivity index (χ1n) is 8.71. The van der Waals surface area contributed by atoms with Crippen molar-refractivity contribution in [1.82, 2.24) is 4.98 Å². The summed E-state index contributed by atoms with van der Waals surface area (Å²) in [5, 5.41) is 2.73. The van der Waals surface area contributed by atoms with Crippen LogP contribution in [0.5, 0.6) is 0 Å². The molecule has 1 atom stereocenters. The highest BCUT2D eigenvalue weighted by atomic mass is 32.2. The molecular formula is C19H19F3N2O3S. The number of hydrogen-bond acceptors (Lipinski definition) is 4. The molecule has 2 aromatic rings. The Morgan fingerprint density at radius 3 is 2.61 bits per heavy atom. The molecule has 1 aromatic carbocycles. The average molecular weight is 412 g/mol. The molecule has 150 valence electrons. The molecule has 0 spiro atoms. The maximum Gasteiger partial charge on any atom is 0.433 e. The number of anilines is 1. The van der Waals surface area contributed by atoms with Crippen molar-refractivity contribution in [3.8, 4) is 0 Å². The topological polar surface area (TPSA) is 68.3 Å². The molecule has 2 heterocycles. The third-order valence-electron chi connectivity index (χ3n) is 4.35. The van der Waals surface area contributed by atoms with Crippen LogP contribution in [0.2, 0.25) is 0 Å². The molecule has 0 aliphatic carbocycles. The van der Waals surface area contributed by atoms with Crippen molar-refractivity contribution in [3.63, 3.8) is 0 Å². The van der Waals surface area contributed by atoms with E-state index in [2.05, 4.69) is 10.3 Å². The standard InChI is InChI=1S/C19H19F3N2O3S/c20-19(21,22)17-5-4-14(11-23-17)18(25)24-15-3-1-2-13(10-15)12-28(26)16-6-8-27-9-7-16/h1-5,10-11,16H,6-9,12H2,(H,24,25). The number of nitrogens with one attached hydrogen (secondary N) is 1. The molecule has 28 heavy (non-hydrogen) atoms. The number of amides is 1. The van der Waals surface area contributed by atoms with Gasteiger partial charge in [0.15, 0.2) is 0 Å². The van der Waals surface area contributed by atoms with Crippen molar-refractivity contribution in [2.45, 2.75) is 30.0 Å². The van der Waals surface area contributed by atoms with Crippen LogP contribution in [-0.2, 0) is 27.5 Å². The number of benzene rings is 1. The zero-order valence-electron chi connectivity index (χ0n) is 14.9. The van der Waals surface area contributed by atoms with Gasteiger partial charge in [-0.3, -0.25) is 14.0 Å². The van der Waals surface area contributed by atoms with Crippen molar-refractivity contribution in [2.24, 2.45) is 0 Å². The summed E-state index contributed by atoms with van der Waals surface area (Å²) in [5.74, 6) is -0.195. The summed E-state index contributed by atoms with van der Waals surface area (Å²) in [5.41, 5.74) is 0.255. The summed E-state index contributed by atoms with van der Waals surface area (Å²) in [6.07, 6.45) is -2.13. The Morgan fingerprint density at radius 1 is 1.21 bits per heavy atom. The van der Waals surface area contributed by atoms with E-state index in [1.54, 1.807) is 18.2 Å². The summed E-state index contributed by atoms with van der Waals surface area (Å²) in [6, 6.07) is 8.78. The summed E-state index contributed by atoms with van der Waals surface area (Å²) in [6.45, 7) is 1.24. The zero-order chi connectivity index (χ0) is 20.1. The van der Waals surface area contributed by atoms with Crippen LogP contribution in [0.3, 0.4) is 0 Å².